The third-order valence-electron chi connectivity index (χ3n) is 10.6. The number of fused-ring (bicyclic) bond motifs is 6. The summed E-state index contributed by atoms with van der Waals surface area (Å²) in [5.41, 5.74) is 10.1. The molecule has 49 heavy (non-hydrogen) atoms. The van der Waals surface area contributed by atoms with E-state index >= 15 is 0 Å². The van der Waals surface area contributed by atoms with E-state index in [1.165, 1.54) is 75.1 Å². The van der Waals surface area contributed by atoms with Gasteiger partial charge in [0.1, 0.15) is 11.5 Å². The monoisotopic (exact) mass is 661 g/mol. The fourth-order valence-corrected chi connectivity index (χ4v) is 15.1. The number of benzene rings is 7. The Hall–Kier alpha value is -5.23. The second kappa shape index (κ2) is 10.9. The van der Waals surface area contributed by atoms with E-state index in [9.17, 15) is 0 Å². The van der Waals surface area contributed by atoms with Crippen LogP contribution < -0.4 is 46.8 Å². The summed E-state index contributed by atoms with van der Waals surface area (Å²) >= 11 is 1.88. The Balaban J connectivity index is 1.30. The van der Waals surface area contributed by atoms with Gasteiger partial charge in [-0.2, -0.15) is 0 Å². The molecule has 7 aromatic rings. The predicted octanol–water partition coefficient (Wildman–Crippen LogP) is 6.55. The van der Waals surface area contributed by atoms with Gasteiger partial charge < -0.3 is 9.64 Å². The standard InChI is InChI=1S/C44H32BNOSSi/c1-29-21-23-35-41(27-29)49(31-13-5-3-6-14-31,32-15-7-4-8-16-32)42-28-30(2)22-24-36(42)46(35)37-25-26-39-43-44(37)48-40-20-12-10-18-34(40)45(43)33-17-9-11-19-38(33)47-39/h3-28H,1-2H3. The SMILES string of the molecule is Cc1ccc2c(c1)[Si](c1ccccc1)(c1ccccc1)c1cc(C)ccc1N2c1ccc2c3c1Sc1ccccc1B3c1ccccc1O2. The lowest BCUT2D eigenvalue weighted by Gasteiger charge is -2.46. The Bertz CT molecular complexity index is 2340. The normalized spacial score (nSPS) is 14.5. The molecule has 0 saturated heterocycles. The minimum atomic E-state index is -2.75. The molecule has 0 spiro atoms. The minimum absolute atomic E-state index is 0.106. The lowest BCUT2D eigenvalue weighted by Crippen LogP contribution is -2.77. The van der Waals surface area contributed by atoms with E-state index in [1.807, 2.05) is 11.8 Å². The molecule has 0 saturated carbocycles. The van der Waals surface area contributed by atoms with Crippen molar-refractivity contribution in [3.05, 3.63) is 169 Å². The van der Waals surface area contributed by atoms with Gasteiger partial charge in [0, 0.05) is 21.2 Å². The van der Waals surface area contributed by atoms with E-state index in [0.29, 0.717) is 0 Å². The van der Waals surface area contributed by atoms with Crippen LogP contribution in [-0.2, 0) is 0 Å². The minimum Gasteiger partial charge on any atom is -0.458 e. The number of anilines is 3. The first-order valence-electron chi connectivity index (χ1n) is 17.0. The van der Waals surface area contributed by atoms with Crippen LogP contribution in [0.3, 0.4) is 0 Å². The van der Waals surface area contributed by atoms with Crippen LogP contribution in [0.1, 0.15) is 11.1 Å². The molecule has 5 heteroatoms. The number of rotatable bonds is 3. The quantitative estimate of drug-likeness (QED) is 0.200. The molecule has 0 radical (unpaired) electrons. The van der Waals surface area contributed by atoms with Crippen LogP contribution in [0.25, 0.3) is 0 Å². The Kier molecular flexibility index (Phi) is 6.39. The van der Waals surface area contributed by atoms with Crippen LogP contribution in [0.2, 0.25) is 0 Å². The van der Waals surface area contributed by atoms with Crippen molar-refractivity contribution in [2.24, 2.45) is 0 Å². The fourth-order valence-electron chi connectivity index (χ4n) is 8.54. The number of aryl methyl sites for hydroxylation is 2. The molecular weight excluding hydrogens is 629 g/mol. The number of hydrogen-bond acceptors (Lipinski definition) is 3. The third-order valence-corrected chi connectivity index (χ3v) is 16.6. The van der Waals surface area contributed by atoms with Gasteiger partial charge in [0.25, 0.3) is 6.71 Å². The van der Waals surface area contributed by atoms with Gasteiger partial charge in [-0.3, -0.25) is 0 Å². The van der Waals surface area contributed by atoms with Crippen LogP contribution in [0.15, 0.2) is 168 Å². The first-order chi connectivity index (χ1) is 24.1. The second-order valence-electron chi connectivity index (χ2n) is 13.4. The molecule has 3 heterocycles. The smallest absolute Gasteiger partial charge is 0.253 e. The molecule has 0 unspecified atom stereocenters. The zero-order chi connectivity index (χ0) is 32.7. The molecule has 3 aliphatic rings. The van der Waals surface area contributed by atoms with Crippen molar-refractivity contribution in [2.45, 2.75) is 23.6 Å². The summed E-state index contributed by atoms with van der Waals surface area (Å²) in [6.07, 6.45) is 0. The van der Waals surface area contributed by atoms with Crippen LogP contribution in [-0.4, -0.2) is 14.8 Å². The van der Waals surface area contributed by atoms with E-state index in [4.69, 9.17) is 4.74 Å². The van der Waals surface area contributed by atoms with Crippen LogP contribution in [0.4, 0.5) is 17.1 Å². The highest BCUT2D eigenvalue weighted by Crippen LogP contribution is 2.47. The van der Waals surface area contributed by atoms with Crippen molar-refractivity contribution in [2.75, 3.05) is 4.90 Å². The van der Waals surface area contributed by atoms with Gasteiger partial charge in [0.15, 0.2) is 8.07 Å². The summed E-state index contributed by atoms with van der Waals surface area (Å²) in [7, 11) is -2.75. The molecule has 0 amide bonds. The highest BCUT2D eigenvalue weighted by atomic mass is 32.2. The van der Waals surface area contributed by atoms with Crippen molar-refractivity contribution in [1.29, 1.82) is 0 Å². The van der Waals surface area contributed by atoms with Crippen LogP contribution in [0, 0.1) is 13.8 Å². The topological polar surface area (TPSA) is 12.5 Å². The van der Waals surface area contributed by atoms with E-state index in [2.05, 4.69) is 176 Å². The third kappa shape index (κ3) is 4.09. The van der Waals surface area contributed by atoms with Gasteiger partial charge in [-0.05, 0) is 81.9 Å². The molecule has 0 aliphatic carbocycles. The number of ether oxygens (including phenoxy) is 1. The summed E-state index contributed by atoms with van der Waals surface area (Å²) in [5.74, 6) is 1.90. The average molecular weight is 662 g/mol. The molecule has 3 aliphatic heterocycles. The van der Waals surface area contributed by atoms with Gasteiger partial charge in [0.05, 0.1) is 5.69 Å². The average Bonchev–Trinajstić information content (AvgIpc) is 3.15. The largest absolute Gasteiger partial charge is 0.458 e. The lowest BCUT2D eigenvalue weighted by molar-refractivity contribution is 0.486. The zero-order valence-corrected chi connectivity index (χ0v) is 29.2. The van der Waals surface area contributed by atoms with Gasteiger partial charge in [-0.25, -0.2) is 0 Å². The molecule has 232 valence electrons. The van der Waals surface area contributed by atoms with E-state index in [-0.39, 0.29) is 6.71 Å². The van der Waals surface area contributed by atoms with Crippen LogP contribution >= 0.6 is 11.8 Å². The number of para-hydroxylation sites is 1. The Morgan fingerprint density at radius 3 is 1.73 bits per heavy atom. The van der Waals surface area contributed by atoms with Gasteiger partial charge in [0.2, 0.25) is 0 Å². The second-order valence-corrected chi connectivity index (χ2v) is 18.2. The van der Waals surface area contributed by atoms with Crippen molar-refractivity contribution < 1.29 is 4.74 Å². The van der Waals surface area contributed by atoms with Gasteiger partial charge >= 0.3 is 0 Å². The molecule has 2 nitrogen and oxygen atoms in total. The highest BCUT2D eigenvalue weighted by Gasteiger charge is 2.50. The van der Waals surface area contributed by atoms with Crippen molar-refractivity contribution in [3.8, 4) is 11.5 Å². The first-order valence-corrected chi connectivity index (χ1v) is 19.8. The van der Waals surface area contributed by atoms with Crippen molar-refractivity contribution in [1.82, 2.24) is 0 Å². The van der Waals surface area contributed by atoms with E-state index < -0.39 is 8.07 Å². The highest BCUT2D eigenvalue weighted by molar-refractivity contribution is 8.00. The molecule has 0 N–H and O–H groups in total. The first kappa shape index (κ1) is 28.8. The predicted molar refractivity (Wildman–Crippen MR) is 210 cm³/mol. The maximum absolute atomic E-state index is 6.68. The Labute approximate surface area is 293 Å². The molecule has 0 atom stereocenters. The maximum Gasteiger partial charge on any atom is 0.253 e. The molecule has 7 aromatic carbocycles. The zero-order valence-electron chi connectivity index (χ0n) is 27.4. The van der Waals surface area contributed by atoms with E-state index in [0.717, 1.165) is 11.5 Å². The van der Waals surface area contributed by atoms with E-state index in [1.54, 1.807) is 0 Å². The molecule has 10 rings (SSSR count). The summed E-state index contributed by atoms with van der Waals surface area (Å²) in [6, 6.07) is 58.9. The Morgan fingerprint density at radius 1 is 0.531 bits per heavy atom. The maximum atomic E-state index is 6.68. The summed E-state index contributed by atoms with van der Waals surface area (Å²) in [5, 5.41) is 5.65. The molecule has 0 aromatic heterocycles. The number of nitrogens with zero attached hydrogens (tertiary/aromatic N) is 1. The fraction of sp³-hybridized carbons (Fsp3) is 0.0455. The lowest BCUT2D eigenvalue weighted by atomic mass is 9.35. The van der Waals surface area contributed by atoms with Gasteiger partial charge in [-0.1, -0.05) is 150 Å². The summed E-state index contributed by atoms with van der Waals surface area (Å²) in [6.45, 7) is 4.58. The summed E-state index contributed by atoms with van der Waals surface area (Å²) < 4.78 is 6.68. The van der Waals surface area contributed by atoms with Crippen LogP contribution in [0.5, 0.6) is 11.5 Å². The molecular formula is C44H32BNOSSi. The van der Waals surface area contributed by atoms with Gasteiger partial charge in [-0.15, -0.1) is 0 Å². The van der Waals surface area contributed by atoms with Crippen molar-refractivity contribution >= 4 is 80.7 Å². The molecule has 0 fully saturated rings. The molecule has 0 bridgehead atoms. The summed E-state index contributed by atoms with van der Waals surface area (Å²) in [4.78, 5) is 5.13. The van der Waals surface area contributed by atoms with Crippen molar-refractivity contribution in [3.63, 3.8) is 0 Å². The Morgan fingerprint density at radius 2 is 1.08 bits per heavy atom. The number of hydrogen-bond donors (Lipinski definition) is 0.